The number of fused-ring (bicyclic) bond motifs is 1. The molecule has 136 valence electrons. The van der Waals surface area contributed by atoms with Gasteiger partial charge in [0.1, 0.15) is 17.9 Å². The van der Waals surface area contributed by atoms with Gasteiger partial charge in [-0.1, -0.05) is 48.5 Å². The monoisotopic (exact) mass is 361 g/mol. The number of amides is 1. The van der Waals surface area contributed by atoms with E-state index in [1.54, 1.807) is 6.07 Å². The Labute approximate surface area is 157 Å². The maximum Gasteiger partial charge on any atom is 0.242 e. The van der Waals surface area contributed by atoms with Crippen LogP contribution in [-0.4, -0.2) is 24.0 Å². The Morgan fingerprint density at radius 2 is 2.07 bits per heavy atom. The van der Waals surface area contributed by atoms with Gasteiger partial charge in [0.05, 0.1) is 6.07 Å². The fourth-order valence-corrected chi connectivity index (χ4v) is 3.81. The average Bonchev–Trinajstić information content (AvgIpc) is 3.33. The van der Waals surface area contributed by atoms with Crippen molar-refractivity contribution >= 4 is 5.91 Å². The van der Waals surface area contributed by atoms with Crippen molar-refractivity contribution in [1.82, 2.24) is 10.6 Å². The molecule has 2 N–H and O–H groups in total. The number of halogens is 1. The van der Waals surface area contributed by atoms with Crippen LogP contribution >= 0.6 is 0 Å². The van der Waals surface area contributed by atoms with E-state index < -0.39 is 6.04 Å². The molecule has 0 radical (unpaired) electrons. The first-order valence-electron chi connectivity index (χ1n) is 9.14. The lowest BCUT2D eigenvalue weighted by Crippen LogP contribution is -2.50. The summed E-state index contributed by atoms with van der Waals surface area (Å²) in [5, 5.41) is 15.4. The number of nitrogens with zero attached hydrogens (tertiary/aromatic N) is 1. The van der Waals surface area contributed by atoms with Crippen molar-refractivity contribution in [3.8, 4) is 17.2 Å². The Hall–Kier alpha value is -2.97. The van der Waals surface area contributed by atoms with E-state index in [4.69, 9.17) is 0 Å². The van der Waals surface area contributed by atoms with Crippen molar-refractivity contribution < 1.29 is 9.18 Å². The molecule has 27 heavy (non-hydrogen) atoms. The maximum absolute atomic E-state index is 14.5. The average molecular weight is 361 g/mol. The molecule has 2 aromatic rings. The van der Waals surface area contributed by atoms with Crippen LogP contribution in [0.3, 0.4) is 0 Å². The first kappa shape index (κ1) is 17.4. The van der Waals surface area contributed by atoms with Gasteiger partial charge in [-0.15, -0.1) is 0 Å². The van der Waals surface area contributed by atoms with Gasteiger partial charge < -0.3 is 5.32 Å². The third kappa shape index (κ3) is 3.62. The van der Waals surface area contributed by atoms with Crippen LogP contribution in [0.5, 0.6) is 0 Å². The van der Waals surface area contributed by atoms with Crippen molar-refractivity contribution in [2.45, 2.75) is 37.4 Å². The summed E-state index contributed by atoms with van der Waals surface area (Å²) in [5.74, 6) is -0.581. The van der Waals surface area contributed by atoms with Crippen LogP contribution in [0, 0.1) is 17.1 Å². The van der Waals surface area contributed by atoms with Crippen molar-refractivity contribution in [2.24, 2.45) is 0 Å². The summed E-state index contributed by atoms with van der Waals surface area (Å²) >= 11 is 0. The van der Waals surface area contributed by atoms with E-state index in [2.05, 4.69) is 22.8 Å². The number of benzene rings is 2. The Kier molecular flexibility index (Phi) is 4.74. The van der Waals surface area contributed by atoms with E-state index in [1.807, 2.05) is 36.4 Å². The number of nitrogens with one attached hydrogen (secondary N) is 2. The molecule has 2 bridgehead atoms. The second-order valence-corrected chi connectivity index (χ2v) is 7.05. The van der Waals surface area contributed by atoms with Crippen molar-refractivity contribution in [3.05, 3.63) is 71.6 Å². The van der Waals surface area contributed by atoms with Gasteiger partial charge in [-0.05, 0) is 41.2 Å². The highest BCUT2D eigenvalue weighted by atomic mass is 19.1. The fourth-order valence-electron chi connectivity index (χ4n) is 3.81. The molecule has 0 saturated heterocycles. The highest BCUT2D eigenvalue weighted by Crippen LogP contribution is 2.29. The van der Waals surface area contributed by atoms with E-state index in [-0.39, 0.29) is 30.2 Å². The molecule has 4 nitrogen and oxygen atoms in total. The number of hydrogen-bond donors (Lipinski definition) is 2. The fraction of sp³-hybridized carbons (Fsp3) is 0.273. The molecule has 1 aliphatic carbocycles. The zero-order chi connectivity index (χ0) is 18.8. The molecule has 0 unspecified atom stereocenters. The highest BCUT2D eigenvalue weighted by molar-refractivity contribution is 5.86. The number of piperidine rings is 1. The van der Waals surface area contributed by atoms with Crippen molar-refractivity contribution in [1.29, 1.82) is 5.26 Å². The Morgan fingerprint density at radius 3 is 2.70 bits per heavy atom. The summed E-state index contributed by atoms with van der Waals surface area (Å²) in [6, 6.07) is 15.8. The summed E-state index contributed by atoms with van der Waals surface area (Å²) in [6.07, 6.45) is 4.17. The number of carbonyl (C=O) groups is 1. The summed E-state index contributed by atoms with van der Waals surface area (Å²) in [4.78, 5) is 12.5. The summed E-state index contributed by atoms with van der Waals surface area (Å²) in [6.45, 7) is 0. The summed E-state index contributed by atoms with van der Waals surface area (Å²) < 4.78 is 14.5. The van der Waals surface area contributed by atoms with Crippen LogP contribution in [0.25, 0.3) is 11.1 Å². The lowest BCUT2D eigenvalue weighted by atomic mass is 9.99. The SMILES string of the molecule is N#C[C@H](Cc1ccc(-c2ccccc2)cc1F)NC(=O)[C@H]1N[C@H]2C=C1CC2. The van der Waals surface area contributed by atoms with E-state index in [1.165, 1.54) is 6.07 Å². The summed E-state index contributed by atoms with van der Waals surface area (Å²) in [5.41, 5.74) is 3.23. The second-order valence-electron chi connectivity index (χ2n) is 7.05. The molecule has 4 rings (SSSR count). The molecular formula is C22H20FN3O. The molecule has 2 aliphatic rings. The van der Waals surface area contributed by atoms with Gasteiger partial charge in [0.2, 0.25) is 5.91 Å². The predicted molar refractivity (Wildman–Crippen MR) is 101 cm³/mol. The smallest absolute Gasteiger partial charge is 0.242 e. The quantitative estimate of drug-likeness (QED) is 0.805. The van der Waals surface area contributed by atoms with Crippen LogP contribution in [0.1, 0.15) is 18.4 Å². The Morgan fingerprint density at radius 1 is 1.26 bits per heavy atom. The first-order chi connectivity index (χ1) is 13.1. The van der Waals surface area contributed by atoms with E-state index in [9.17, 15) is 14.4 Å². The normalized spacial score (nSPS) is 21.4. The third-order valence-corrected chi connectivity index (χ3v) is 5.23. The molecule has 0 aromatic heterocycles. The molecule has 0 spiro atoms. The van der Waals surface area contributed by atoms with Gasteiger partial charge in [-0.2, -0.15) is 5.26 Å². The minimum absolute atomic E-state index is 0.137. The second kappa shape index (κ2) is 7.34. The minimum Gasteiger partial charge on any atom is -0.338 e. The molecule has 3 atom stereocenters. The van der Waals surface area contributed by atoms with Gasteiger partial charge >= 0.3 is 0 Å². The molecule has 5 heteroatoms. The topological polar surface area (TPSA) is 64.9 Å². The third-order valence-electron chi connectivity index (χ3n) is 5.23. The lowest BCUT2D eigenvalue weighted by Gasteiger charge is -2.23. The first-order valence-corrected chi connectivity index (χ1v) is 9.14. The van der Waals surface area contributed by atoms with E-state index >= 15 is 0 Å². The van der Waals surface area contributed by atoms with Crippen LogP contribution in [0.4, 0.5) is 4.39 Å². The standard InChI is InChI=1S/C22H20FN3O/c23-20-12-15(14-4-2-1-3-5-14)6-7-16(20)10-19(13-24)26-22(27)21-17-8-9-18(11-17)25-21/h1-7,11-12,18-19,21,25H,8-10H2,(H,26,27)/t18-,19+,21+/m1/s1. The van der Waals surface area contributed by atoms with Gasteiger partial charge in [0, 0.05) is 12.5 Å². The number of hydrogen-bond acceptors (Lipinski definition) is 3. The Balaban J connectivity index is 1.43. The highest BCUT2D eigenvalue weighted by Gasteiger charge is 2.36. The van der Waals surface area contributed by atoms with E-state index in [0.717, 1.165) is 29.5 Å². The zero-order valence-corrected chi connectivity index (χ0v) is 14.8. The lowest BCUT2D eigenvalue weighted by molar-refractivity contribution is -0.122. The molecule has 2 aromatic carbocycles. The van der Waals surface area contributed by atoms with Crippen molar-refractivity contribution in [3.63, 3.8) is 0 Å². The molecule has 0 fully saturated rings. The van der Waals surface area contributed by atoms with Gasteiger partial charge in [-0.3, -0.25) is 10.1 Å². The van der Waals surface area contributed by atoms with Crippen LogP contribution in [0.2, 0.25) is 0 Å². The number of carbonyl (C=O) groups excluding carboxylic acids is 1. The van der Waals surface area contributed by atoms with Crippen LogP contribution in [-0.2, 0) is 11.2 Å². The summed E-state index contributed by atoms with van der Waals surface area (Å²) in [7, 11) is 0. The number of nitriles is 1. The predicted octanol–water partition coefficient (Wildman–Crippen LogP) is 3.10. The maximum atomic E-state index is 14.5. The largest absolute Gasteiger partial charge is 0.338 e. The zero-order valence-electron chi connectivity index (χ0n) is 14.8. The molecule has 1 amide bonds. The van der Waals surface area contributed by atoms with Gasteiger partial charge in [-0.25, -0.2) is 4.39 Å². The van der Waals surface area contributed by atoms with Gasteiger partial charge in [0.25, 0.3) is 0 Å². The van der Waals surface area contributed by atoms with Crippen LogP contribution < -0.4 is 10.6 Å². The minimum atomic E-state index is -0.767. The van der Waals surface area contributed by atoms with Crippen molar-refractivity contribution in [2.75, 3.05) is 0 Å². The number of rotatable bonds is 5. The molecule has 1 aliphatic heterocycles. The molecular weight excluding hydrogens is 341 g/mol. The Bertz CT molecular complexity index is 932. The molecule has 1 heterocycles. The van der Waals surface area contributed by atoms with E-state index in [0.29, 0.717) is 5.56 Å². The van der Waals surface area contributed by atoms with Gasteiger partial charge in [0.15, 0.2) is 0 Å². The molecule has 0 saturated carbocycles. The van der Waals surface area contributed by atoms with Crippen LogP contribution in [0.15, 0.2) is 60.2 Å².